The molecule has 3 rings (SSSR count). The van der Waals surface area contributed by atoms with Crippen LogP contribution in [0.3, 0.4) is 0 Å². The largest absolute Gasteiger partial charge is 0.497 e. The molecule has 1 heterocycles. The summed E-state index contributed by atoms with van der Waals surface area (Å²) in [7, 11) is -0.602. The van der Waals surface area contributed by atoms with Gasteiger partial charge in [0.15, 0.2) is 0 Å². The van der Waals surface area contributed by atoms with Crippen LogP contribution in [0.25, 0.3) is 0 Å². The van der Waals surface area contributed by atoms with Gasteiger partial charge in [-0.3, -0.25) is 4.72 Å². The Kier molecular flexibility index (Phi) is 5.70. The lowest BCUT2D eigenvalue weighted by Crippen LogP contribution is -2.14. The zero-order valence-electron chi connectivity index (χ0n) is 15.8. The SMILES string of the molecule is COc1cccc(Nc2ccc(NS(=O)(=O)c3ccc(OC)c(C)c3)nc2)c1. The van der Waals surface area contributed by atoms with Gasteiger partial charge in [-0.1, -0.05) is 6.07 Å². The molecule has 0 radical (unpaired) electrons. The van der Waals surface area contributed by atoms with Gasteiger partial charge >= 0.3 is 0 Å². The number of aromatic nitrogens is 1. The minimum atomic E-state index is -3.75. The Morgan fingerprint density at radius 1 is 0.929 bits per heavy atom. The Balaban J connectivity index is 1.73. The van der Waals surface area contributed by atoms with E-state index < -0.39 is 10.0 Å². The minimum Gasteiger partial charge on any atom is -0.497 e. The van der Waals surface area contributed by atoms with Crippen LogP contribution in [0.4, 0.5) is 17.2 Å². The number of hydrogen-bond donors (Lipinski definition) is 2. The molecular weight excluding hydrogens is 378 g/mol. The summed E-state index contributed by atoms with van der Waals surface area (Å²) in [4.78, 5) is 4.32. The topological polar surface area (TPSA) is 89.6 Å². The molecule has 1 aromatic heterocycles. The first-order chi connectivity index (χ1) is 13.4. The van der Waals surface area contributed by atoms with Crippen molar-refractivity contribution >= 4 is 27.2 Å². The molecule has 0 saturated carbocycles. The smallest absolute Gasteiger partial charge is 0.263 e. The van der Waals surface area contributed by atoms with E-state index in [1.165, 1.54) is 6.07 Å². The first-order valence-corrected chi connectivity index (χ1v) is 9.94. The Morgan fingerprint density at radius 2 is 1.75 bits per heavy atom. The first-order valence-electron chi connectivity index (χ1n) is 8.46. The molecule has 2 aromatic carbocycles. The molecule has 0 bridgehead atoms. The van der Waals surface area contributed by atoms with Crippen molar-refractivity contribution in [3.8, 4) is 11.5 Å². The molecule has 8 heteroatoms. The van der Waals surface area contributed by atoms with Gasteiger partial charge in [-0.25, -0.2) is 13.4 Å². The Hall–Kier alpha value is -3.26. The Bertz CT molecular complexity index is 1070. The molecule has 0 spiro atoms. The molecule has 0 unspecified atom stereocenters. The van der Waals surface area contributed by atoms with Crippen molar-refractivity contribution in [2.45, 2.75) is 11.8 Å². The molecule has 0 saturated heterocycles. The van der Waals surface area contributed by atoms with Crippen LogP contribution >= 0.6 is 0 Å². The highest BCUT2D eigenvalue weighted by Crippen LogP contribution is 2.24. The number of nitrogens with zero attached hydrogens (tertiary/aromatic N) is 1. The van der Waals surface area contributed by atoms with Gasteiger partial charge in [-0.15, -0.1) is 0 Å². The maximum Gasteiger partial charge on any atom is 0.263 e. The average Bonchev–Trinajstić information content (AvgIpc) is 2.69. The van der Waals surface area contributed by atoms with Gasteiger partial charge < -0.3 is 14.8 Å². The van der Waals surface area contributed by atoms with Crippen LogP contribution in [0.15, 0.2) is 65.7 Å². The molecule has 3 aromatic rings. The number of sulfonamides is 1. The van der Waals surface area contributed by atoms with Crippen molar-refractivity contribution in [1.82, 2.24) is 4.98 Å². The third-order valence-corrected chi connectivity index (χ3v) is 5.39. The second-order valence-corrected chi connectivity index (χ2v) is 7.71. The van der Waals surface area contributed by atoms with Crippen LogP contribution in [-0.4, -0.2) is 27.6 Å². The fourth-order valence-electron chi connectivity index (χ4n) is 2.61. The van der Waals surface area contributed by atoms with E-state index >= 15 is 0 Å². The highest BCUT2D eigenvalue weighted by Gasteiger charge is 2.16. The van der Waals surface area contributed by atoms with Crippen LogP contribution in [-0.2, 0) is 10.0 Å². The lowest BCUT2D eigenvalue weighted by Gasteiger charge is -2.11. The number of methoxy groups -OCH3 is 2. The zero-order valence-corrected chi connectivity index (χ0v) is 16.6. The number of nitrogens with one attached hydrogen (secondary N) is 2. The van der Waals surface area contributed by atoms with Crippen molar-refractivity contribution in [3.63, 3.8) is 0 Å². The van der Waals surface area contributed by atoms with Gasteiger partial charge in [0.1, 0.15) is 17.3 Å². The summed E-state index contributed by atoms with van der Waals surface area (Å²) in [5, 5.41) is 3.19. The number of rotatable bonds is 7. The van der Waals surface area contributed by atoms with Crippen LogP contribution in [0.1, 0.15) is 5.56 Å². The molecule has 0 atom stereocenters. The summed E-state index contributed by atoms with van der Waals surface area (Å²) in [6, 6.07) is 15.5. The molecule has 146 valence electrons. The predicted octanol–water partition coefficient (Wildman–Crippen LogP) is 3.95. The average molecular weight is 399 g/mol. The molecule has 7 nitrogen and oxygen atoms in total. The van der Waals surface area contributed by atoms with Gasteiger partial charge in [-0.2, -0.15) is 0 Å². The van der Waals surface area contributed by atoms with Gasteiger partial charge in [-0.05, 0) is 55.0 Å². The minimum absolute atomic E-state index is 0.145. The standard InChI is InChI=1S/C20H21N3O4S/c1-14-11-18(8-9-19(14)27-3)28(24,25)23-20-10-7-16(13-21-20)22-15-5-4-6-17(12-15)26-2/h4-13,22H,1-3H3,(H,21,23). The van der Waals surface area contributed by atoms with E-state index in [-0.39, 0.29) is 10.7 Å². The van der Waals surface area contributed by atoms with E-state index in [1.54, 1.807) is 51.6 Å². The van der Waals surface area contributed by atoms with Crippen LogP contribution in [0.5, 0.6) is 11.5 Å². The highest BCUT2D eigenvalue weighted by atomic mass is 32.2. The Morgan fingerprint density at radius 3 is 2.39 bits per heavy atom. The molecule has 0 fully saturated rings. The number of benzene rings is 2. The van der Waals surface area contributed by atoms with Gasteiger partial charge in [0.05, 0.1) is 31.0 Å². The van der Waals surface area contributed by atoms with Crippen LogP contribution in [0, 0.1) is 6.92 Å². The van der Waals surface area contributed by atoms with E-state index in [2.05, 4.69) is 15.0 Å². The van der Waals surface area contributed by atoms with Crippen LogP contribution in [0.2, 0.25) is 0 Å². The van der Waals surface area contributed by atoms with Crippen molar-refractivity contribution in [1.29, 1.82) is 0 Å². The number of anilines is 3. The number of pyridine rings is 1. The van der Waals surface area contributed by atoms with Crippen molar-refractivity contribution in [2.24, 2.45) is 0 Å². The highest BCUT2D eigenvalue weighted by molar-refractivity contribution is 7.92. The third kappa shape index (κ3) is 4.52. The molecule has 2 N–H and O–H groups in total. The van der Waals surface area contributed by atoms with E-state index in [4.69, 9.17) is 9.47 Å². The van der Waals surface area contributed by atoms with Crippen molar-refractivity contribution in [3.05, 3.63) is 66.4 Å². The maximum atomic E-state index is 12.6. The zero-order chi connectivity index (χ0) is 20.1. The van der Waals surface area contributed by atoms with E-state index in [0.717, 1.165) is 22.7 Å². The summed E-state index contributed by atoms with van der Waals surface area (Å²) in [5.41, 5.74) is 2.29. The van der Waals surface area contributed by atoms with E-state index in [1.807, 2.05) is 24.3 Å². The monoisotopic (exact) mass is 399 g/mol. The second-order valence-electron chi connectivity index (χ2n) is 6.03. The molecule has 0 aliphatic rings. The quantitative estimate of drug-likeness (QED) is 0.625. The molecule has 28 heavy (non-hydrogen) atoms. The Labute approximate surface area is 164 Å². The summed E-state index contributed by atoms with van der Waals surface area (Å²) in [6.45, 7) is 1.79. The van der Waals surface area contributed by atoms with Gasteiger partial charge in [0.2, 0.25) is 0 Å². The van der Waals surface area contributed by atoms with Crippen molar-refractivity contribution < 1.29 is 17.9 Å². The molecular formula is C20H21N3O4S. The predicted molar refractivity (Wildman–Crippen MR) is 109 cm³/mol. The van der Waals surface area contributed by atoms with Crippen LogP contribution < -0.4 is 19.5 Å². The number of aryl methyl sites for hydroxylation is 1. The molecule has 0 amide bonds. The molecule has 0 aliphatic carbocycles. The summed E-state index contributed by atoms with van der Waals surface area (Å²) in [6.07, 6.45) is 1.55. The van der Waals surface area contributed by atoms with Crippen molar-refractivity contribution in [2.75, 3.05) is 24.3 Å². The third-order valence-electron chi connectivity index (χ3n) is 4.04. The lowest BCUT2D eigenvalue weighted by atomic mass is 10.2. The summed E-state index contributed by atoms with van der Waals surface area (Å²) in [5.74, 6) is 1.59. The van der Waals surface area contributed by atoms with Gasteiger partial charge in [0.25, 0.3) is 10.0 Å². The fraction of sp³-hybridized carbons (Fsp3) is 0.150. The number of hydrogen-bond acceptors (Lipinski definition) is 6. The first kappa shape index (κ1) is 19.5. The molecule has 0 aliphatic heterocycles. The fourth-order valence-corrected chi connectivity index (χ4v) is 3.70. The maximum absolute atomic E-state index is 12.6. The number of ether oxygens (including phenoxy) is 2. The summed E-state index contributed by atoms with van der Waals surface area (Å²) < 4.78 is 38.0. The summed E-state index contributed by atoms with van der Waals surface area (Å²) >= 11 is 0. The lowest BCUT2D eigenvalue weighted by molar-refractivity contribution is 0.411. The second kappa shape index (κ2) is 8.18. The van der Waals surface area contributed by atoms with Gasteiger partial charge in [0, 0.05) is 11.8 Å². The normalized spacial score (nSPS) is 11.0. The van der Waals surface area contributed by atoms with E-state index in [9.17, 15) is 8.42 Å². The van der Waals surface area contributed by atoms with E-state index in [0.29, 0.717) is 5.75 Å².